The van der Waals surface area contributed by atoms with Gasteiger partial charge in [-0.2, -0.15) is 18.3 Å². The van der Waals surface area contributed by atoms with Crippen LogP contribution >= 0.6 is 0 Å². The predicted molar refractivity (Wildman–Crippen MR) is 118 cm³/mol. The van der Waals surface area contributed by atoms with E-state index in [0.717, 1.165) is 11.6 Å². The summed E-state index contributed by atoms with van der Waals surface area (Å²) in [5, 5.41) is 7.09. The SMILES string of the molecule is COc1ccc(NC(=O)[C@@H]2C[C@H](c3cccc(C(F)(F)F)c3)N(Cc3cnn(C)c3)C2)cc1. The molecular formula is C24H25F3N4O2. The highest BCUT2D eigenvalue weighted by molar-refractivity contribution is 5.93. The first-order valence-electron chi connectivity index (χ1n) is 10.6. The van der Waals surface area contributed by atoms with Gasteiger partial charge in [-0.15, -0.1) is 0 Å². The number of rotatable bonds is 6. The minimum atomic E-state index is -4.42. The number of hydrogen-bond acceptors (Lipinski definition) is 4. The van der Waals surface area contributed by atoms with E-state index in [4.69, 9.17) is 4.74 Å². The lowest BCUT2D eigenvalue weighted by atomic mass is 9.97. The number of nitrogens with one attached hydrogen (secondary N) is 1. The molecule has 0 aliphatic carbocycles. The topological polar surface area (TPSA) is 59.4 Å². The quantitative estimate of drug-likeness (QED) is 0.584. The molecule has 1 N–H and O–H groups in total. The van der Waals surface area contributed by atoms with Crippen LogP contribution in [0.5, 0.6) is 5.75 Å². The Kier molecular flexibility index (Phi) is 6.42. The molecule has 0 unspecified atom stereocenters. The third kappa shape index (κ3) is 5.36. The van der Waals surface area contributed by atoms with Crippen molar-refractivity contribution in [3.05, 3.63) is 77.6 Å². The molecule has 9 heteroatoms. The van der Waals surface area contributed by atoms with Crippen molar-refractivity contribution in [1.29, 1.82) is 0 Å². The Labute approximate surface area is 190 Å². The number of halogens is 3. The van der Waals surface area contributed by atoms with Gasteiger partial charge in [0.1, 0.15) is 5.75 Å². The van der Waals surface area contributed by atoms with Gasteiger partial charge in [0.15, 0.2) is 0 Å². The molecule has 6 nitrogen and oxygen atoms in total. The summed E-state index contributed by atoms with van der Waals surface area (Å²) >= 11 is 0. The number of carbonyl (C=O) groups excluding carboxylic acids is 1. The number of nitrogens with zero attached hydrogens (tertiary/aromatic N) is 3. The Morgan fingerprint density at radius 2 is 1.97 bits per heavy atom. The number of amides is 1. The van der Waals surface area contributed by atoms with E-state index in [1.807, 2.05) is 18.1 Å². The van der Waals surface area contributed by atoms with Gasteiger partial charge in [0.05, 0.1) is 24.8 Å². The molecule has 33 heavy (non-hydrogen) atoms. The summed E-state index contributed by atoms with van der Waals surface area (Å²) in [6, 6.07) is 12.1. The second-order valence-corrected chi connectivity index (χ2v) is 8.24. The summed E-state index contributed by atoms with van der Waals surface area (Å²) in [7, 11) is 3.37. The molecular weight excluding hydrogens is 433 g/mol. The van der Waals surface area contributed by atoms with Crippen LogP contribution in [0, 0.1) is 5.92 Å². The van der Waals surface area contributed by atoms with Gasteiger partial charge in [-0.25, -0.2) is 0 Å². The summed E-state index contributed by atoms with van der Waals surface area (Å²) in [6.07, 6.45) is -0.403. The van der Waals surface area contributed by atoms with E-state index in [0.29, 0.717) is 36.5 Å². The number of anilines is 1. The van der Waals surface area contributed by atoms with Crippen LogP contribution in [0.25, 0.3) is 0 Å². The van der Waals surface area contributed by atoms with Crippen molar-refractivity contribution < 1.29 is 22.7 Å². The van der Waals surface area contributed by atoms with Crippen LogP contribution in [0.4, 0.5) is 18.9 Å². The van der Waals surface area contributed by atoms with Gasteiger partial charge in [-0.1, -0.05) is 12.1 Å². The molecule has 0 radical (unpaired) electrons. The van der Waals surface area contributed by atoms with Gasteiger partial charge in [0, 0.05) is 43.6 Å². The fraction of sp³-hybridized carbons (Fsp3) is 0.333. The smallest absolute Gasteiger partial charge is 0.416 e. The monoisotopic (exact) mass is 458 g/mol. The lowest BCUT2D eigenvalue weighted by molar-refractivity contribution is -0.137. The number of ether oxygens (including phenoxy) is 1. The molecule has 0 spiro atoms. The predicted octanol–water partition coefficient (Wildman–Crippen LogP) is 4.65. The Balaban J connectivity index is 1.56. The van der Waals surface area contributed by atoms with Gasteiger partial charge in [0.25, 0.3) is 0 Å². The number of carbonyl (C=O) groups is 1. The first kappa shape index (κ1) is 22.8. The third-order valence-electron chi connectivity index (χ3n) is 5.87. The molecule has 3 aromatic rings. The lowest BCUT2D eigenvalue weighted by Crippen LogP contribution is -2.27. The van der Waals surface area contributed by atoms with E-state index < -0.39 is 11.7 Å². The molecule has 2 aromatic carbocycles. The number of likely N-dealkylation sites (tertiary alicyclic amines) is 1. The van der Waals surface area contributed by atoms with Crippen molar-refractivity contribution in [3.63, 3.8) is 0 Å². The van der Waals surface area contributed by atoms with Crippen LogP contribution < -0.4 is 10.1 Å². The Morgan fingerprint density at radius 1 is 1.21 bits per heavy atom. The van der Waals surface area contributed by atoms with Crippen LogP contribution in [-0.4, -0.2) is 34.2 Å². The molecule has 0 bridgehead atoms. The van der Waals surface area contributed by atoms with E-state index in [-0.39, 0.29) is 17.9 Å². The first-order chi connectivity index (χ1) is 15.7. The number of benzene rings is 2. The average Bonchev–Trinajstić information content (AvgIpc) is 3.40. The second-order valence-electron chi connectivity index (χ2n) is 8.24. The van der Waals surface area contributed by atoms with Crippen LogP contribution in [0.2, 0.25) is 0 Å². The molecule has 1 aliphatic rings. The van der Waals surface area contributed by atoms with Gasteiger partial charge in [0.2, 0.25) is 5.91 Å². The van der Waals surface area contributed by atoms with Gasteiger partial charge in [-0.05, 0) is 48.4 Å². The van der Waals surface area contributed by atoms with Crippen LogP contribution in [0.3, 0.4) is 0 Å². The molecule has 4 rings (SSSR count). The normalized spacial score (nSPS) is 18.9. The fourth-order valence-electron chi connectivity index (χ4n) is 4.24. The van der Waals surface area contributed by atoms with E-state index >= 15 is 0 Å². The van der Waals surface area contributed by atoms with Crippen molar-refractivity contribution >= 4 is 11.6 Å². The summed E-state index contributed by atoms with van der Waals surface area (Å²) in [4.78, 5) is 15.1. The number of alkyl halides is 3. The zero-order chi connectivity index (χ0) is 23.6. The molecule has 1 amide bonds. The largest absolute Gasteiger partial charge is 0.497 e. The van der Waals surface area contributed by atoms with E-state index in [2.05, 4.69) is 10.4 Å². The standard InChI is InChI=1S/C24H25F3N4O2/c1-30-13-16(12-28-30)14-31-15-18(23(32)29-20-6-8-21(33-2)9-7-20)11-22(31)17-4-3-5-19(10-17)24(25,26)27/h3-10,12-13,18,22H,11,14-15H2,1-2H3,(H,29,32)/t18-,22-/m1/s1. The molecule has 0 saturated carbocycles. The highest BCUT2D eigenvalue weighted by atomic mass is 19.4. The minimum absolute atomic E-state index is 0.161. The maximum atomic E-state index is 13.3. The third-order valence-corrected chi connectivity index (χ3v) is 5.87. The van der Waals surface area contributed by atoms with Crippen molar-refractivity contribution in [1.82, 2.24) is 14.7 Å². The van der Waals surface area contributed by atoms with Crippen LogP contribution in [0.15, 0.2) is 60.9 Å². The highest BCUT2D eigenvalue weighted by Gasteiger charge is 2.38. The number of aromatic nitrogens is 2. The summed E-state index contributed by atoms with van der Waals surface area (Å²) in [5.74, 6) is 0.148. The van der Waals surface area contributed by atoms with Gasteiger partial charge in [-0.3, -0.25) is 14.4 Å². The number of methoxy groups -OCH3 is 1. The maximum absolute atomic E-state index is 13.3. The van der Waals surface area contributed by atoms with E-state index in [9.17, 15) is 18.0 Å². The average molecular weight is 458 g/mol. The summed E-state index contributed by atoms with van der Waals surface area (Å²) < 4.78 is 46.7. The van der Waals surface area contributed by atoms with Gasteiger partial charge >= 0.3 is 6.18 Å². The molecule has 1 aliphatic heterocycles. The summed E-state index contributed by atoms with van der Waals surface area (Å²) in [5.41, 5.74) is 1.44. The zero-order valence-electron chi connectivity index (χ0n) is 18.3. The Bertz CT molecular complexity index is 1110. The highest BCUT2D eigenvalue weighted by Crippen LogP contribution is 2.39. The molecule has 1 aromatic heterocycles. The molecule has 1 fully saturated rings. The molecule has 2 heterocycles. The van der Waals surface area contributed by atoms with Crippen molar-refractivity contribution in [3.8, 4) is 5.75 Å². The van der Waals surface area contributed by atoms with Crippen molar-refractivity contribution in [2.75, 3.05) is 19.0 Å². The lowest BCUT2D eigenvalue weighted by Gasteiger charge is -2.24. The van der Waals surface area contributed by atoms with Crippen molar-refractivity contribution in [2.24, 2.45) is 13.0 Å². The second kappa shape index (κ2) is 9.27. The van der Waals surface area contributed by atoms with Gasteiger partial charge < -0.3 is 10.1 Å². The van der Waals surface area contributed by atoms with E-state index in [1.165, 1.54) is 12.1 Å². The molecule has 174 valence electrons. The maximum Gasteiger partial charge on any atom is 0.416 e. The Hall–Kier alpha value is -3.33. The molecule has 1 saturated heterocycles. The minimum Gasteiger partial charge on any atom is -0.497 e. The number of hydrogen-bond donors (Lipinski definition) is 1. The fourth-order valence-corrected chi connectivity index (χ4v) is 4.24. The number of aryl methyl sites for hydroxylation is 1. The first-order valence-corrected chi connectivity index (χ1v) is 10.6. The van der Waals surface area contributed by atoms with Crippen molar-refractivity contribution in [2.45, 2.75) is 25.2 Å². The van der Waals surface area contributed by atoms with Crippen LogP contribution in [-0.2, 0) is 24.6 Å². The summed E-state index contributed by atoms with van der Waals surface area (Å²) in [6.45, 7) is 0.916. The van der Waals surface area contributed by atoms with E-state index in [1.54, 1.807) is 48.3 Å². The molecule has 2 atom stereocenters. The van der Waals surface area contributed by atoms with Crippen LogP contribution in [0.1, 0.15) is 29.2 Å². The Morgan fingerprint density at radius 3 is 2.61 bits per heavy atom. The zero-order valence-corrected chi connectivity index (χ0v) is 18.3.